The largest absolute Gasteiger partial charge is 0.360 e. The predicted molar refractivity (Wildman–Crippen MR) is 98.5 cm³/mol. The Morgan fingerprint density at radius 1 is 1.32 bits per heavy atom. The van der Waals surface area contributed by atoms with Crippen molar-refractivity contribution in [1.82, 2.24) is 9.80 Å². The van der Waals surface area contributed by atoms with Crippen LogP contribution in [0.1, 0.15) is 12.8 Å². The van der Waals surface area contributed by atoms with E-state index in [-0.39, 0.29) is 17.5 Å². The van der Waals surface area contributed by atoms with E-state index >= 15 is 0 Å². The molecule has 0 atom stereocenters. The van der Waals surface area contributed by atoms with Crippen molar-refractivity contribution in [1.29, 1.82) is 10.5 Å². The van der Waals surface area contributed by atoms with Gasteiger partial charge in [-0.3, -0.25) is 4.79 Å². The molecule has 1 aliphatic rings. The molecule has 1 amide bonds. The number of carbonyl (C=O) groups is 1. The molecule has 0 aliphatic carbocycles. The van der Waals surface area contributed by atoms with E-state index in [1.807, 2.05) is 23.6 Å². The number of nitrogens with zero attached hydrogens (tertiary/aromatic N) is 4. The summed E-state index contributed by atoms with van der Waals surface area (Å²) in [6.45, 7) is 1.92. The minimum Gasteiger partial charge on any atom is -0.360 e. The first-order valence-electron chi connectivity index (χ1n) is 8.03. The van der Waals surface area contributed by atoms with Crippen molar-refractivity contribution in [3.8, 4) is 11.5 Å². The molecule has 1 N–H and O–H groups in total. The summed E-state index contributed by atoms with van der Waals surface area (Å²) in [6, 6.07) is 9.37. The van der Waals surface area contributed by atoms with Crippen molar-refractivity contribution in [2.75, 3.05) is 32.5 Å². The van der Waals surface area contributed by atoms with Crippen LogP contribution in [0.3, 0.4) is 0 Å². The fourth-order valence-electron chi connectivity index (χ4n) is 2.71. The number of thiocyanates is 1. The summed E-state index contributed by atoms with van der Waals surface area (Å²) in [5, 5.41) is 23.0. The summed E-state index contributed by atoms with van der Waals surface area (Å²) >= 11 is 1.08. The molecule has 0 radical (unpaired) electrons. The Balaban J connectivity index is 2.00. The lowest BCUT2D eigenvalue weighted by molar-refractivity contribution is -0.128. The van der Waals surface area contributed by atoms with Crippen LogP contribution in [0, 0.1) is 22.0 Å². The topological polar surface area (TPSA) is 83.2 Å². The van der Waals surface area contributed by atoms with E-state index in [0.29, 0.717) is 0 Å². The minimum atomic E-state index is -0.263. The fourth-order valence-corrected chi connectivity index (χ4v) is 3.08. The number of likely N-dealkylation sites (N-methyl/N-ethyl adjacent to an activating group) is 1. The molecule has 7 heteroatoms. The van der Waals surface area contributed by atoms with Gasteiger partial charge in [-0.15, -0.1) is 0 Å². The Kier molecular flexibility index (Phi) is 6.88. The van der Waals surface area contributed by atoms with E-state index in [0.717, 1.165) is 48.3 Å². The van der Waals surface area contributed by atoms with Gasteiger partial charge < -0.3 is 15.1 Å². The Labute approximate surface area is 152 Å². The van der Waals surface area contributed by atoms with Crippen molar-refractivity contribution >= 4 is 23.4 Å². The maximum Gasteiger partial charge on any atom is 0.266 e. The molecule has 0 bridgehead atoms. The normalized spacial score (nSPS) is 15.9. The third kappa shape index (κ3) is 5.25. The Morgan fingerprint density at radius 2 is 1.96 bits per heavy atom. The smallest absolute Gasteiger partial charge is 0.266 e. The van der Waals surface area contributed by atoms with Crippen LogP contribution >= 0.6 is 11.8 Å². The highest BCUT2D eigenvalue weighted by Gasteiger charge is 2.25. The number of thioether (sulfide) groups is 1. The summed E-state index contributed by atoms with van der Waals surface area (Å²) < 4.78 is 0. The number of nitrogens with one attached hydrogen (secondary N) is 1. The molecule has 1 saturated heterocycles. The average molecular weight is 355 g/mol. The highest BCUT2D eigenvalue weighted by atomic mass is 32.2. The zero-order valence-electron chi connectivity index (χ0n) is 14.4. The lowest BCUT2D eigenvalue weighted by Crippen LogP contribution is -2.44. The molecule has 0 saturated carbocycles. The van der Waals surface area contributed by atoms with E-state index in [1.165, 1.54) is 6.20 Å². The highest BCUT2D eigenvalue weighted by molar-refractivity contribution is 8.03. The van der Waals surface area contributed by atoms with Gasteiger partial charge in [-0.1, -0.05) is 0 Å². The maximum atomic E-state index is 12.6. The molecule has 1 aliphatic heterocycles. The summed E-state index contributed by atoms with van der Waals surface area (Å²) in [7, 11) is 3.83. The number of hydrogen-bond acceptors (Lipinski definition) is 6. The van der Waals surface area contributed by atoms with Crippen molar-refractivity contribution < 1.29 is 4.79 Å². The van der Waals surface area contributed by atoms with Crippen molar-refractivity contribution in [2.24, 2.45) is 0 Å². The number of benzene rings is 1. The number of anilines is 1. The van der Waals surface area contributed by atoms with Gasteiger partial charge in [0.25, 0.3) is 5.91 Å². The SMILES string of the molecule is CN1CCC(N(C)C(=O)/C(C#N)=C\Nc2ccc(SC#N)cc2)CC1. The quantitative estimate of drug-likeness (QED) is 0.378. The van der Waals surface area contributed by atoms with Gasteiger partial charge in [0.1, 0.15) is 17.0 Å². The molecular formula is C18H21N5OS. The van der Waals surface area contributed by atoms with Crippen LogP contribution in [0.5, 0.6) is 0 Å². The lowest BCUT2D eigenvalue weighted by Gasteiger charge is -2.34. The molecule has 2 rings (SSSR count). The van der Waals surface area contributed by atoms with Crippen LogP contribution in [0.25, 0.3) is 0 Å². The minimum absolute atomic E-state index is 0.0805. The van der Waals surface area contributed by atoms with E-state index in [2.05, 4.69) is 17.3 Å². The first-order valence-corrected chi connectivity index (χ1v) is 8.85. The number of piperidine rings is 1. The number of carbonyl (C=O) groups excluding carboxylic acids is 1. The Bertz CT molecular complexity index is 708. The predicted octanol–water partition coefficient (Wildman–Crippen LogP) is 2.63. The monoisotopic (exact) mass is 355 g/mol. The number of rotatable bonds is 5. The number of likely N-dealkylation sites (tertiary alicyclic amines) is 1. The van der Waals surface area contributed by atoms with E-state index in [1.54, 1.807) is 24.1 Å². The average Bonchev–Trinajstić information content (AvgIpc) is 2.63. The van der Waals surface area contributed by atoms with Crippen LogP contribution in [0.4, 0.5) is 5.69 Å². The third-order valence-corrected chi connectivity index (χ3v) is 4.91. The number of nitriles is 2. The summed E-state index contributed by atoms with van der Waals surface area (Å²) in [6.07, 6.45) is 3.28. The van der Waals surface area contributed by atoms with Gasteiger partial charge in [-0.2, -0.15) is 10.5 Å². The zero-order chi connectivity index (χ0) is 18.2. The van der Waals surface area contributed by atoms with Crippen LogP contribution in [-0.4, -0.2) is 48.9 Å². The van der Waals surface area contributed by atoms with Gasteiger partial charge in [-0.05, 0) is 69.0 Å². The second-order valence-corrected chi connectivity index (χ2v) is 6.84. The number of amides is 1. The van der Waals surface area contributed by atoms with Gasteiger partial charge in [0, 0.05) is 29.9 Å². The van der Waals surface area contributed by atoms with Crippen LogP contribution in [0.2, 0.25) is 0 Å². The summed E-state index contributed by atoms with van der Waals surface area (Å²) in [4.78, 5) is 17.3. The van der Waals surface area contributed by atoms with Gasteiger partial charge in [-0.25, -0.2) is 0 Å². The van der Waals surface area contributed by atoms with E-state index < -0.39 is 0 Å². The first kappa shape index (κ1) is 18.9. The van der Waals surface area contributed by atoms with Crippen molar-refractivity contribution in [3.05, 3.63) is 36.0 Å². The molecular weight excluding hydrogens is 334 g/mol. The van der Waals surface area contributed by atoms with E-state index in [9.17, 15) is 10.1 Å². The van der Waals surface area contributed by atoms with Crippen molar-refractivity contribution in [3.63, 3.8) is 0 Å². The third-order valence-electron chi connectivity index (χ3n) is 4.31. The first-order chi connectivity index (χ1) is 12.0. The molecule has 130 valence electrons. The molecule has 1 fully saturated rings. The van der Waals surface area contributed by atoms with Crippen LogP contribution < -0.4 is 5.32 Å². The lowest BCUT2D eigenvalue weighted by atomic mass is 10.0. The molecule has 0 unspecified atom stereocenters. The molecule has 1 aromatic rings. The molecule has 0 aromatic heterocycles. The van der Waals surface area contributed by atoms with Gasteiger partial charge in [0.2, 0.25) is 0 Å². The second-order valence-electron chi connectivity index (χ2n) is 5.98. The van der Waals surface area contributed by atoms with Gasteiger partial charge in [0.15, 0.2) is 0 Å². The van der Waals surface area contributed by atoms with E-state index in [4.69, 9.17) is 5.26 Å². The van der Waals surface area contributed by atoms with Crippen LogP contribution in [0.15, 0.2) is 40.9 Å². The summed E-state index contributed by atoms with van der Waals surface area (Å²) in [5.74, 6) is -0.263. The highest BCUT2D eigenvalue weighted by Crippen LogP contribution is 2.20. The fraction of sp³-hybridized carbons (Fsp3) is 0.389. The standard InChI is InChI=1S/C18H21N5OS/c1-22-9-7-16(8-10-22)23(2)18(24)14(11-19)12-21-15-3-5-17(6-4-15)25-13-20/h3-6,12,16,21H,7-10H2,1-2H3/b14-12-. The van der Waals surface area contributed by atoms with Crippen molar-refractivity contribution in [2.45, 2.75) is 23.8 Å². The molecule has 25 heavy (non-hydrogen) atoms. The second kappa shape index (κ2) is 9.12. The van der Waals surface area contributed by atoms with Crippen LogP contribution in [-0.2, 0) is 4.79 Å². The summed E-state index contributed by atoms with van der Waals surface area (Å²) in [5.41, 5.74) is 0.835. The zero-order valence-corrected chi connectivity index (χ0v) is 15.2. The maximum absolute atomic E-state index is 12.6. The number of hydrogen-bond donors (Lipinski definition) is 1. The van der Waals surface area contributed by atoms with Gasteiger partial charge in [0.05, 0.1) is 0 Å². The molecule has 6 nitrogen and oxygen atoms in total. The van der Waals surface area contributed by atoms with Gasteiger partial charge >= 0.3 is 0 Å². The molecule has 1 heterocycles. The molecule has 0 spiro atoms. The Hall–Kier alpha value is -2.48. The molecule has 1 aromatic carbocycles. The Morgan fingerprint density at radius 3 is 2.52 bits per heavy atom.